The molecule has 4 rings (SSSR count). The largest absolute Gasteiger partial charge is 0.364 e. The van der Waals surface area contributed by atoms with Crippen molar-refractivity contribution in [2.45, 2.75) is 0 Å². The number of hydrogen-bond acceptors (Lipinski definition) is 4. The summed E-state index contributed by atoms with van der Waals surface area (Å²) in [7, 11) is 0. The van der Waals surface area contributed by atoms with Crippen LogP contribution in [-0.4, -0.2) is 25.3 Å². The second-order valence-corrected chi connectivity index (χ2v) is 5.12. The quantitative estimate of drug-likeness (QED) is 0.582. The van der Waals surface area contributed by atoms with Crippen molar-refractivity contribution in [1.29, 1.82) is 0 Å². The van der Waals surface area contributed by atoms with E-state index in [1.807, 2.05) is 18.2 Å². The van der Waals surface area contributed by atoms with Crippen LogP contribution >= 0.6 is 0 Å². The number of carbonyl (C=O) groups excluding carboxylic acids is 1. The van der Waals surface area contributed by atoms with Gasteiger partial charge in [0.25, 0.3) is 11.5 Å². The van der Waals surface area contributed by atoms with Crippen LogP contribution in [0, 0.1) is 0 Å². The average Bonchev–Trinajstić information content (AvgIpc) is 2.97. The average molecular weight is 305 g/mol. The molecule has 3 heterocycles. The van der Waals surface area contributed by atoms with E-state index in [4.69, 9.17) is 5.73 Å². The van der Waals surface area contributed by atoms with E-state index in [0.29, 0.717) is 11.0 Å². The zero-order chi connectivity index (χ0) is 16.0. The summed E-state index contributed by atoms with van der Waals surface area (Å²) in [5, 5.41) is 1.44. The summed E-state index contributed by atoms with van der Waals surface area (Å²) in [5.41, 5.74) is 7.57. The Balaban J connectivity index is 1.96. The van der Waals surface area contributed by atoms with Crippen LogP contribution < -0.4 is 11.3 Å². The number of imidazole rings is 1. The van der Waals surface area contributed by atoms with Gasteiger partial charge in [-0.25, -0.2) is 9.97 Å². The van der Waals surface area contributed by atoms with Crippen LogP contribution in [0.3, 0.4) is 0 Å². The van der Waals surface area contributed by atoms with E-state index < -0.39 is 5.91 Å². The third-order valence-corrected chi connectivity index (χ3v) is 3.72. The number of hydrogen-bond donors (Lipinski definition) is 2. The van der Waals surface area contributed by atoms with Gasteiger partial charge in [0.2, 0.25) is 0 Å². The highest BCUT2D eigenvalue weighted by molar-refractivity contribution is 5.91. The Bertz CT molecular complexity index is 1130. The molecule has 7 nitrogen and oxygen atoms in total. The maximum atomic E-state index is 11.8. The lowest BCUT2D eigenvalue weighted by molar-refractivity contribution is 0.0995. The monoisotopic (exact) mass is 305 g/mol. The molecule has 0 aliphatic carbocycles. The maximum absolute atomic E-state index is 11.8. The number of pyridine rings is 1. The molecule has 4 aromatic rings. The predicted molar refractivity (Wildman–Crippen MR) is 85.1 cm³/mol. The highest BCUT2D eigenvalue weighted by atomic mass is 16.1. The molecule has 0 aliphatic rings. The fourth-order valence-electron chi connectivity index (χ4n) is 2.58. The molecule has 0 spiro atoms. The SMILES string of the molecule is NC(=O)c1cn2c(-c3ccc4c(=O)[nH]ccc4c3)cnc2cn1. The van der Waals surface area contributed by atoms with Crippen LogP contribution in [0.15, 0.2) is 53.8 Å². The van der Waals surface area contributed by atoms with E-state index in [1.54, 1.807) is 29.1 Å². The van der Waals surface area contributed by atoms with Crippen molar-refractivity contribution >= 4 is 22.3 Å². The number of aromatic amines is 1. The highest BCUT2D eigenvalue weighted by Gasteiger charge is 2.10. The first-order valence-corrected chi connectivity index (χ1v) is 6.88. The number of nitrogens with zero attached hydrogens (tertiary/aromatic N) is 3. The Morgan fingerprint density at radius 1 is 1.17 bits per heavy atom. The first kappa shape index (κ1) is 13.2. The van der Waals surface area contributed by atoms with Crippen LogP contribution in [0.25, 0.3) is 27.7 Å². The van der Waals surface area contributed by atoms with Crippen LogP contribution in [-0.2, 0) is 0 Å². The molecule has 23 heavy (non-hydrogen) atoms. The van der Waals surface area contributed by atoms with Crippen molar-refractivity contribution in [3.63, 3.8) is 0 Å². The van der Waals surface area contributed by atoms with Crippen molar-refractivity contribution in [3.8, 4) is 11.3 Å². The van der Waals surface area contributed by atoms with E-state index in [-0.39, 0.29) is 11.3 Å². The van der Waals surface area contributed by atoms with E-state index in [2.05, 4.69) is 15.0 Å². The summed E-state index contributed by atoms with van der Waals surface area (Å²) in [6.45, 7) is 0. The lowest BCUT2D eigenvalue weighted by Crippen LogP contribution is -2.13. The van der Waals surface area contributed by atoms with Crippen molar-refractivity contribution in [3.05, 3.63) is 65.1 Å². The number of amides is 1. The van der Waals surface area contributed by atoms with Crippen LogP contribution in [0.5, 0.6) is 0 Å². The van der Waals surface area contributed by atoms with Crippen molar-refractivity contribution < 1.29 is 4.79 Å². The number of aromatic nitrogens is 4. The standard InChI is InChI=1S/C16H11N5O2/c17-15(22)12-8-21-13(6-20-14(21)7-19-12)10-1-2-11-9(5-10)3-4-18-16(11)23/h1-8H,(H2,17,22)(H,18,23). The highest BCUT2D eigenvalue weighted by Crippen LogP contribution is 2.24. The number of primary amides is 1. The molecular weight excluding hydrogens is 294 g/mol. The molecule has 7 heteroatoms. The molecule has 3 N–H and O–H groups in total. The fraction of sp³-hybridized carbons (Fsp3) is 0. The zero-order valence-electron chi connectivity index (χ0n) is 11.9. The molecule has 0 fully saturated rings. The molecule has 0 bridgehead atoms. The zero-order valence-corrected chi connectivity index (χ0v) is 11.9. The number of H-pyrrole nitrogens is 1. The lowest BCUT2D eigenvalue weighted by atomic mass is 10.1. The maximum Gasteiger partial charge on any atom is 0.268 e. The molecule has 0 unspecified atom stereocenters. The van der Waals surface area contributed by atoms with Gasteiger partial charge in [-0.15, -0.1) is 0 Å². The number of fused-ring (bicyclic) bond motifs is 2. The van der Waals surface area contributed by atoms with Gasteiger partial charge in [0, 0.05) is 23.3 Å². The Morgan fingerprint density at radius 3 is 2.87 bits per heavy atom. The van der Waals surface area contributed by atoms with E-state index in [1.165, 1.54) is 6.20 Å². The number of carbonyl (C=O) groups is 1. The lowest BCUT2D eigenvalue weighted by Gasteiger charge is -2.04. The summed E-state index contributed by atoms with van der Waals surface area (Å²) >= 11 is 0. The van der Waals surface area contributed by atoms with Gasteiger partial charge in [-0.3, -0.25) is 14.0 Å². The van der Waals surface area contributed by atoms with E-state index in [0.717, 1.165) is 16.6 Å². The first-order valence-electron chi connectivity index (χ1n) is 6.88. The normalized spacial score (nSPS) is 11.1. The Morgan fingerprint density at radius 2 is 2.04 bits per heavy atom. The van der Waals surface area contributed by atoms with Gasteiger partial charge in [0.15, 0.2) is 5.65 Å². The van der Waals surface area contributed by atoms with Crippen LogP contribution in [0.2, 0.25) is 0 Å². The molecule has 0 atom stereocenters. The number of rotatable bonds is 2. The number of nitrogens with two attached hydrogens (primary N) is 1. The van der Waals surface area contributed by atoms with Gasteiger partial charge in [0.1, 0.15) is 5.69 Å². The first-order chi connectivity index (χ1) is 11.1. The second-order valence-electron chi connectivity index (χ2n) is 5.12. The predicted octanol–water partition coefficient (Wildman–Crippen LogP) is 1.34. The Labute approximate surface area is 129 Å². The van der Waals surface area contributed by atoms with E-state index >= 15 is 0 Å². The van der Waals surface area contributed by atoms with Crippen molar-refractivity contribution in [2.75, 3.05) is 0 Å². The van der Waals surface area contributed by atoms with Crippen molar-refractivity contribution in [1.82, 2.24) is 19.4 Å². The topological polar surface area (TPSA) is 106 Å². The summed E-state index contributed by atoms with van der Waals surface area (Å²) in [6, 6.07) is 7.34. The Kier molecular flexibility index (Phi) is 2.74. The summed E-state index contributed by atoms with van der Waals surface area (Å²) in [4.78, 5) is 34.0. The summed E-state index contributed by atoms with van der Waals surface area (Å²) in [6.07, 6.45) is 6.35. The molecule has 1 aromatic carbocycles. The third kappa shape index (κ3) is 2.06. The molecule has 0 radical (unpaired) electrons. The minimum absolute atomic E-state index is 0.132. The molecule has 1 amide bonds. The molecule has 0 aliphatic heterocycles. The molecule has 0 saturated heterocycles. The number of nitrogens with one attached hydrogen (secondary N) is 1. The minimum Gasteiger partial charge on any atom is -0.364 e. The molecule has 3 aromatic heterocycles. The van der Waals surface area contributed by atoms with Gasteiger partial charge in [-0.05, 0) is 23.6 Å². The minimum atomic E-state index is -0.600. The van der Waals surface area contributed by atoms with E-state index in [9.17, 15) is 9.59 Å². The second kappa shape index (κ2) is 4.77. The summed E-state index contributed by atoms with van der Waals surface area (Å²) < 4.78 is 1.75. The van der Waals surface area contributed by atoms with Gasteiger partial charge in [-0.1, -0.05) is 6.07 Å². The van der Waals surface area contributed by atoms with Gasteiger partial charge in [-0.2, -0.15) is 0 Å². The summed E-state index contributed by atoms with van der Waals surface area (Å²) in [5.74, 6) is -0.600. The smallest absolute Gasteiger partial charge is 0.268 e. The Hall–Kier alpha value is -3.48. The fourth-order valence-corrected chi connectivity index (χ4v) is 2.58. The van der Waals surface area contributed by atoms with Crippen LogP contribution in [0.4, 0.5) is 0 Å². The number of benzene rings is 1. The van der Waals surface area contributed by atoms with Gasteiger partial charge < -0.3 is 10.7 Å². The van der Waals surface area contributed by atoms with Crippen LogP contribution in [0.1, 0.15) is 10.5 Å². The van der Waals surface area contributed by atoms with Gasteiger partial charge in [0.05, 0.1) is 18.1 Å². The molecule has 112 valence electrons. The van der Waals surface area contributed by atoms with Crippen molar-refractivity contribution in [2.24, 2.45) is 5.73 Å². The molecular formula is C16H11N5O2. The third-order valence-electron chi connectivity index (χ3n) is 3.72. The molecule has 0 saturated carbocycles. The van der Waals surface area contributed by atoms with Gasteiger partial charge >= 0.3 is 0 Å².